The molecule has 0 aromatic carbocycles. The zero-order valence-corrected chi connectivity index (χ0v) is 16.3. The Labute approximate surface area is 159 Å². The average Bonchev–Trinajstić information content (AvgIpc) is 3.32. The predicted molar refractivity (Wildman–Crippen MR) is 101 cm³/mol. The molecule has 0 saturated carbocycles. The maximum absolute atomic E-state index is 12.7. The topological polar surface area (TPSA) is 80.6 Å². The molecule has 27 heavy (non-hydrogen) atoms. The van der Waals surface area contributed by atoms with Gasteiger partial charge in [-0.3, -0.25) is 4.68 Å². The molecular formula is C18H25N5O3S. The van der Waals surface area contributed by atoms with Crippen LogP contribution >= 0.6 is 0 Å². The second kappa shape index (κ2) is 7.57. The van der Waals surface area contributed by atoms with Crippen LogP contribution in [-0.2, 0) is 28.2 Å². The van der Waals surface area contributed by atoms with E-state index < -0.39 is 10.0 Å². The monoisotopic (exact) mass is 391 g/mol. The SMILES string of the molecule is Cn1cc(CC2CCN(c3ccc(S(=O)(=O)N4CCOCC4)cn3)C2)cn1. The lowest BCUT2D eigenvalue weighted by atomic mass is 10.0. The predicted octanol–water partition coefficient (Wildman–Crippen LogP) is 0.905. The van der Waals surface area contributed by atoms with E-state index in [9.17, 15) is 8.42 Å². The van der Waals surface area contributed by atoms with E-state index in [-0.39, 0.29) is 4.90 Å². The van der Waals surface area contributed by atoms with Crippen LogP contribution in [0.25, 0.3) is 0 Å². The minimum Gasteiger partial charge on any atom is -0.379 e. The van der Waals surface area contributed by atoms with Gasteiger partial charge in [-0.15, -0.1) is 0 Å². The number of aromatic nitrogens is 3. The van der Waals surface area contributed by atoms with E-state index in [1.165, 1.54) is 16.1 Å². The molecule has 0 aliphatic carbocycles. The van der Waals surface area contributed by atoms with Gasteiger partial charge in [0, 0.05) is 45.6 Å². The van der Waals surface area contributed by atoms with Crippen molar-refractivity contribution in [1.29, 1.82) is 0 Å². The van der Waals surface area contributed by atoms with E-state index in [1.807, 2.05) is 24.0 Å². The first-order chi connectivity index (χ1) is 13.0. The Morgan fingerprint density at radius 3 is 2.67 bits per heavy atom. The van der Waals surface area contributed by atoms with Gasteiger partial charge in [-0.1, -0.05) is 0 Å². The highest BCUT2D eigenvalue weighted by Gasteiger charge is 2.28. The normalized spacial score (nSPS) is 21.7. The molecule has 0 spiro atoms. The highest BCUT2D eigenvalue weighted by Crippen LogP contribution is 2.26. The van der Waals surface area contributed by atoms with Gasteiger partial charge in [0.25, 0.3) is 0 Å². The Balaban J connectivity index is 1.40. The number of pyridine rings is 1. The number of morpholine rings is 1. The van der Waals surface area contributed by atoms with Crippen LogP contribution in [0.5, 0.6) is 0 Å². The maximum atomic E-state index is 12.7. The van der Waals surface area contributed by atoms with Crippen LogP contribution in [0.2, 0.25) is 0 Å². The molecule has 0 bridgehead atoms. The summed E-state index contributed by atoms with van der Waals surface area (Å²) in [6, 6.07) is 3.49. The van der Waals surface area contributed by atoms with Crippen LogP contribution in [0.3, 0.4) is 0 Å². The molecule has 2 aromatic heterocycles. The van der Waals surface area contributed by atoms with Crippen molar-refractivity contribution in [2.24, 2.45) is 13.0 Å². The Morgan fingerprint density at radius 1 is 1.19 bits per heavy atom. The third-order valence-electron chi connectivity index (χ3n) is 5.22. The van der Waals surface area contributed by atoms with Crippen molar-refractivity contribution in [1.82, 2.24) is 19.1 Å². The molecule has 4 rings (SSSR count). The molecule has 9 heteroatoms. The van der Waals surface area contributed by atoms with Crippen molar-refractivity contribution in [2.45, 2.75) is 17.7 Å². The summed E-state index contributed by atoms with van der Waals surface area (Å²) in [5.41, 5.74) is 1.25. The van der Waals surface area contributed by atoms with Crippen LogP contribution in [0.4, 0.5) is 5.82 Å². The first-order valence-electron chi connectivity index (χ1n) is 9.29. The minimum atomic E-state index is -3.49. The number of hydrogen-bond acceptors (Lipinski definition) is 6. The smallest absolute Gasteiger partial charge is 0.244 e. The number of sulfonamides is 1. The highest BCUT2D eigenvalue weighted by molar-refractivity contribution is 7.89. The van der Waals surface area contributed by atoms with E-state index >= 15 is 0 Å². The summed E-state index contributed by atoms with van der Waals surface area (Å²) in [6.45, 7) is 3.54. The molecule has 2 fully saturated rings. The van der Waals surface area contributed by atoms with Gasteiger partial charge in [-0.2, -0.15) is 9.40 Å². The molecule has 4 heterocycles. The van der Waals surface area contributed by atoms with E-state index in [0.29, 0.717) is 32.2 Å². The van der Waals surface area contributed by atoms with Crippen LogP contribution in [0.1, 0.15) is 12.0 Å². The van der Waals surface area contributed by atoms with Gasteiger partial charge in [0.2, 0.25) is 10.0 Å². The zero-order chi connectivity index (χ0) is 18.9. The van der Waals surface area contributed by atoms with Gasteiger partial charge < -0.3 is 9.64 Å². The summed E-state index contributed by atoms with van der Waals surface area (Å²) >= 11 is 0. The molecule has 1 unspecified atom stereocenters. The second-order valence-corrected chi connectivity index (χ2v) is 9.13. The summed E-state index contributed by atoms with van der Waals surface area (Å²) in [6.07, 6.45) is 7.57. The average molecular weight is 391 g/mol. The molecule has 146 valence electrons. The van der Waals surface area contributed by atoms with Crippen LogP contribution < -0.4 is 4.90 Å². The lowest BCUT2D eigenvalue weighted by molar-refractivity contribution is 0.0730. The Bertz CT molecular complexity index is 875. The molecular weight excluding hydrogens is 366 g/mol. The van der Waals surface area contributed by atoms with E-state index in [1.54, 1.807) is 6.07 Å². The molecule has 2 aliphatic rings. The number of ether oxygens (including phenoxy) is 1. The summed E-state index contributed by atoms with van der Waals surface area (Å²) < 4.78 is 33.9. The van der Waals surface area contributed by atoms with Gasteiger partial charge >= 0.3 is 0 Å². The zero-order valence-electron chi connectivity index (χ0n) is 15.5. The third-order valence-corrected chi connectivity index (χ3v) is 7.10. The molecule has 0 radical (unpaired) electrons. The first-order valence-corrected chi connectivity index (χ1v) is 10.7. The van der Waals surface area contributed by atoms with Crippen molar-refractivity contribution in [2.75, 3.05) is 44.3 Å². The van der Waals surface area contributed by atoms with Crippen molar-refractivity contribution < 1.29 is 13.2 Å². The van der Waals surface area contributed by atoms with E-state index in [4.69, 9.17) is 4.74 Å². The number of aryl methyl sites for hydroxylation is 1. The Morgan fingerprint density at radius 2 is 2.00 bits per heavy atom. The molecule has 2 aromatic rings. The second-order valence-electron chi connectivity index (χ2n) is 7.20. The van der Waals surface area contributed by atoms with Crippen molar-refractivity contribution >= 4 is 15.8 Å². The lowest BCUT2D eigenvalue weighted by Gasteiger charge is -2.26. The standard InChI is InChI=1S/C18H25N5O3S/c1-21-13-16(11-20-21)10-15-4-5-22(14-15)18-3-2-17(12-19-18)27(24,25)23-6-8-26-9-7-23/h2-3,11-13,15H,4-10,14H2,1H3. The lowest BCUT2D eigenvalue weighted by Crippen LogP contribution is -2.40. The highest BCUT2D eigenvalue weighted by atomic mass is 32.2. The molecule has 1 atom stereocenters. The summed E-state index contributed by atoms with van der Waals surface area (Å²) in [7, 11) is -1.56. The molecule has 8 nitrogen and oxygen atoms in total. The van der Waals surface area contributed by atoms with Gasteiger partial charge in [0.1, 0.15) is 10.7 Å². The molecule has 0 amide bonds. The van der Waals surface area contributed by atoms with Crippen LogP contribution in [0, 0.1) is 5.92 Å². The fraction of sp³-hybridized carbons (Fsp3) is 0.556. The van der Waals surface area contributed by atoms with Crippen molar-refractivity contribution in [3.05, 3.63) is 36.3 Å². The largest absolute Gasteiger partial charge is 0.379 e. The number of nitrogens with zero attached hydrogens (tertiary/aromatic N) is 5. The van der Waals surface area contributed by atoms with Crippen LogP contribution in [0.15, 0.2) is 35.6 Å². The first kappa shape index (κ1) is 18.4. The maximum Gasteiger partial charge on any atom is 0.244 e. The summed E-state index contributed by atoms with van der Waals surface area (Å²) in [4.78, 5) is 6.92. The molecule has 0 N–H and O–H groups in total. The summed E-state index contributed by atoms with van der Waals surface area (Å²) in [5.74, 6) is 1.40. The van der Waals surface area contributed by atoms with E-state index in [2.05, 4.69) is 21.2 Å². The van der Waals surface area contributed by atoms with Gasteiger partial charge in [0.15, 0.2) is 0 Å². The van der Waals surface area contributed by atoms with Crippen molar-refractivity contribution in [3.63, 3.8) is 0 Å². The third kappa shape index (κ3) is 3.99. The summed E-state index contributed by atoms with van der Waals surface area (Å²) in [5, 5.41) is 4.23. The van der Waals surface area contributed by atoms with Crippen LogP contribution in [-0.4, -0.2) is 66.9 Å². The van der Waals surface area contributed by atoms with Gasteiger partial charge in [-0.05, 0) is 36.5 Å². The van der Waals surface area contributed by atoms with E-state index in [0.717, 1.165) is 31.7 Å². The Hall–Kier alpha value is -1.97. The van der Waals surface area contributed by atoms with Gasteiger partial charge in [-0.25, -0.2) is 13.4 Å². The fourth-order valence-corrected chi connectivity index (χ4v) is 5.12. The quantitative estimate of drug-likeness (QED) is 0.754. The van der Waals surface area contributed by atoms with Crippen molar-refractivity contribution in [3.8, 4) is 0 Å². The Kier molecular flexibility index (Phi) is 5.16. The molecule has 2 saturated heterocycles. The minimum absolute atomic E-state index is 0.249. The number of rotatable bonds is 5. The fourth-order valence-electron chi connectivity index (χ4n) is 3.77. The number of hydrogen-bond donors (Lipinski definition) is 0. The van der Waals surface area contributed by atoms with Gasteiger partial charge in [0.05, 0.1) is 19.4 Å². The molecule has 2 aliphatic heterocycles. The number of anilines is 1.